The number of methoxy groups -OCH3 is 1. The molecular weight excluding hydrogens is 300 g/mol. The summed E-state index contributed by atoms with van der Waals surface area (Å²) in [4.78, 5) is 24.3. The fraction of sp³-hybridized carbons (Fsp3) is 0.0476. The smallest absolute Gasteiger partial charge is 0.233 e. The maximum Gasteiger partial charge on any atom is 0.233 e. The molecule has 0 heterocycles. The molecule has 1 aliphatic rings. The fourth-order valence-corrected chi connectivity index (χ4v) is 3.23. The molecule has 3 heteroatoms. The van der Waals surface area contributed by atoms with Gasteiger partial charge in [-0.1, -0.05) is 54.6 Å². The minimum Gasteiger partial charge on any atom is -0.496 e. The monoisotopic (exact) mass is 314 g/mol. The van der Waals surface area contributed by atoms with Gasteiger partial charge in [0.1, 0.15) is 5.75 Å². The molecule has 1 aliphatic carbocycles. The second-order valence-electron chi connectivity index (χ2n) is 5.66. The van der Waals surface area contributed by atoms with Crippen molar-refractivity contribution < 1.29 is 14.3 Å². The van der Waals surface area contributed by atoms with Crippen LogP contribution in [0.25, 0.3) is 16.3 Å². The minimum absolute atomic E-state index is 0.452. The van der Waals surface area contributed by atoms with Crippen LogP contribution in [-0.4, -0.2) is 18.7 Å². The number of carbonyl (C=O) groups is 2. The van der Waals surface area contributed by atoms with Crippen LogP contribution >= 0.6 is 0 Å². The third-order valence-corrected chi connectivity index (χ3v) is 4.36. The average molecular weight is 314 g/mol. The van der Waals surface area contributed by atoms with Crippen molar-refractivity contribution in [3.63, 3.8) is 0 Å². The standard InChI is InChI=1S/C21H14O3/c1-24-20-11-10-15(13-6-2-4-8-16(13)20)18-12-19(22)21(23)17-9-5-3-7-14(17)18/h2-12H,1H3. The van der Waals surface area contributed by atoms with Gasteiger partial charge >= 0.3 is 0 Å². The van der Waals surface area contributed by atoms with Crippen LogP contribution in [-0.2, 0) is 4.79 Å². The van der Waals surface area contributed by atoms with Gasteiger partial charge in [-0.15, -0.1) is 0 Å². The van der Waals surface area contributed by atoms with Gasteiger partial charge in [-0.2, -0.15) is 0 Å². The Hall–Kier alpha value is -3.20. The predicted molar refractivity (Wildman–Crippen MR) is 93.4 cm³/mol. The van der Waals surface area contributed by atoms with E-state index in [0.29, 0.717) is 5.56 Å². The molecule has 0 radical (unpaired) electrons. The number of benzene rings is 3. The van der Waals surface area contributed by atoms with E-state index in [1.54, 1.807) is 19.2 Å². The third-order valence-electron chi connectivity index (χ3n) is 4.36. The van der Waals surface area contributed by atoms with Gasteiger partial charge in [0.25, 0.3) is 0 Å². The van der Waals surface area contributed by atoms with Crippen LogP contribution < -0.4 is 4.74 Å². The zero-order valence-corrected chi connectivity index (χ0v) is 13.1. The first kappa shape index (κ1) is 14.4. The molecule has 0 saturated heterocycles. The number of carbonyl (C=O) groups excluding carboxylic acids is 2. The summed E-state index contributed by atoms with van der Waals surface area (Å²) in [5, 5.41) is 1.96. The van der Waals surface area contributed by atoms with Crippen molar-refractivity contribution in [1.82, 2.24) is 0 Å². The lowest BCUT2D eigenvalue weighted by molar-refractivity contribution is -0.111. The van der Waals surface area contributed by atoms with Gasteiger partial charge in [0.15, 0.2) is 0 Å². The third kappa shape index (κ3) is 2.06. The second kappa shape index (κ2) is 5.46. The topological polar surface area (TPSA) is 43.4 Å². The van der Waals surface area contributed by atoms with Crippen molar-refractivity contribution >= 4 is 27.9 Å². The lowest BCUT2D eigenvalue weighted by atomic mass is 9.84. The second-order valence-corrected chi connectivity index (χ2v) is 5.66. The largest absolute Gasteiger partial charge is 0.496 e. The summed E-state index contributed by atoms with van der Waals surface area (Å²) in [5.74, 6) is -0.155. The molecule has 4 rings (SSSR count). The molecule has 0 bridgehead atoms. The van der Waals surface area contributed by atoms with Gasteiger partial charge in [0.2, 0.25) is 11.6 Å². The van der Waals surface area contributed by atoms with Gasteiger partial charge in [-0.3, -0.25) is 9.59 Å². The summed E-state index contributed by atoms with van der Waals surface area (Å²) in [6.07, 6.45) is 1.44. The number of ketones is 2. The Morgan fingerprint density at radius 1 is 0.708 bits per heavy atom. The normalized spacial score (nSPS) is 13.6. The molecule has 116 valence electrons. The van der Waals surface area contributed by atoms with Gasteiger partial charge in [0, 0.05) is 10.9 Å². The van der Waals surface area contributed by atoms with Crippen molar-refractivity contribution in [2.45, 2.75) is 0 Å². The Morgan fingerprint density at radius 2 is 1.38 bits per heavy atom. The predicted octanol–water partition coefficient (Wildman–Crippen LogP) is 4.05. The van der Waals surface area contributed by atoms with Crippen molar-refractivity contribution in [1.29, 1.82) is 0 Å². The lowest BCUT2D eigenvalue weighted by Gasteiger charge is -2.18. The highest BCUT2D eigenvalue weighted by Gasteiger charge is 2.26. The molecule has 0 unspecified atom stereocenters. The first-order valence-corrected chi connectivity index (χ1v) is 7.66. The van der Waals surface area contributed by atoms with Crippen LogP contribution in [0.15, 0.2) is 66.7 Å². The maximum absolute atomic E-state index is 12.1. The highest BCUT2D eigenvalue weighted by atomic mass is 16.5. The molecular formula is C21H14O3. The Bertz CT molecular complexity index is 1030. The van der Waals surface area contributed by atoms with Crippen LogP contribution in [0, 0.1) is 0 Å². The first-order valence-electron chi connectivity index (χ1n) is 7.66. The number of fused-ring (bicyclic) bond motifs is 2. The molecule has 24 heavy (non-hydrogen) atoms. The van der Waals surface area contributed by atoms with E-state index < -0.39 is 11.6 Å². The Labute approximate surface area is 139 Å². The first-order chi connectivity index (χ1) is 11.7. The summed E-state index contributed by atoms with van der Waals surface area (Å²) in [6, 6.07) is 19.0. The van der Waals surface area contributed by atoms with Crippen molar-refractivity contribution in [2.24, 2.45) is 0 Å². The van der Waals surface area contributed by atoms with Crippen LogP contribution in [0.4, 0.5) is 0 Å². The molecule has 0 aromatic heterocycles. The Morgan fingerprint density at radius 3 is 2.12 bits per heavy atom. The van der Waals surface area contributed by atoms with Crippen molar-refractivity contribution in [3.8, 4) is 5.75 Å². The van der Waals surface area contributed by atoms with E-state index in [1.165, 1.54) is 6.08 Å². The van der Waals surface area contributed by atoms with Gasteiger partial charge in [0.05, 0.1) is 7.11 Å². The molecule has 0 aliphatic heterocycles. The number of Topliss-reactive ketones (excluding diaryl/α,β-unsaturated/α-hetero) is 1. The number of allylic oxidation sites excluding steroid dienone is 1. The number of hydrogen-bond acceptors (Lipinski definition) is 3. The van der Waals surface area contributed by atoms with Crippen molar-refractivity contribution in [3.05, 3.63) is 83.4 Å². The summed E-state index contributed by atoms with van der Waals surface area (Å²) >= 11 is 0. The van der Waals surface area contributed by atoms with Gasteiger partial charge in [-0.25, -0.2) is 0 Å². The molecule has 0 saturated carbocycles. The van der Waals surface area contributed by atoms with E-state index in [9.17, 15) is 9.59 Å². The van der Waals surface area contributed by atoms with E-state index in [-0.39, 0.29) is 0 Å². The zero-order chi connectivity index (χ0) is 16.7. The average Bonchev–Trinajstić information content (AvgIpc) is 2.64. The molecule has 3 aromatic carbocycles. The van der Waals surface area contributed by atoms with E-state index in [2.05, 4.69) is 0 Å². The SMILES string of the molecule is COc1ccc(C2=CC(=O)C(=O)c3ccccc32)c2ccccc12. The Kier molecular flexibility index (Phi) is 3.28. The highest BCUT2D eigenvalue weighted by Crippen LogP contribution is 2.37. The fourth-order valence-electron chi connectivity index (χ4n) is 3.23. The molecule has 3 nitrogen and oxygen atoms in total. The highest BCUT2D eigenvalue weighted by molar-refractivity contribution is 6.51. The van der Waals surface area contributed by atoms with Crippen molar-refractivity contribution in [2.75, 3.05) is 7.11 Å². The molecule has 0 fully saturated rings. The van der Waals surface area contributed by atoms with Crippen LogP contribution in [0.5, 0.6) is 5.75 Å². The molecule has 0 N–H and O–H groups in total. The summed E-state index contributed by atoms with van der Waals surface area (Å²) < 4.78 is 5.44. The van der Waals surface area contributed by atoms with E-state index >= 15 is 0 Å². The quantitative estimate of drug-likeness (QED) is 0.670. The number of ether oxygens (including phenoxy) is 1. The van der Waals surface area contributed by atoms with E-state index in [1.807, 2.05) is 48.5 Å². The number of rotatable bonds is 2. The van der Waals surface area contributed by atoms with Gasteiger partial charge in [-0.05, 0) is 34.2 Å². The summed E-state index contributed by atoms with van der Waals surface area (Å²) in [7, 11) is 1.64. The molecule has 0 spiro atoms. The maximum atomic E-state index is 12.1. The summed E-state index contributed by atoms with van der Waals surface area (Å²) in [6.45, 7) is 0. The van der Waals surface area contributed by atoms with Crippen LogP contribution in [0.2, 0.25) is 0 Å². The molecule has 3 aromatic rings. The Balaban J connectivity index is 2.04. The minimum atomic E-state index is -0.483. The van der Waals surface area contributed by atoms with Crippen LogP contribution in [0.1, 0.15) is 21.5 Å². The van der Waals surface area contributed by atoms with Gasteiger partial charge < -0.3 is 4.74 Å². The molecule has 0 atom stereocenters. The zero-order valence-electron chi connectivity index (χ0n) is 13.1. The van der Waals surface area contributed by atoms with Crippen LogP contribution in [0.3, 0.4) is 0 Å². The summed E-state index contributed by atoms with van der Waals surface area (Å²) in [5.41, 5.74) is 2.94. The van der Waals surface area contributed by atoms with E-state index in [4.69, 9.17) is 4.74 Å². The van der Waals surface area contributed by atoms with E-state index in [0.717, 1.165) is 33.2 Å². The molecule has 0 amide bonds. The number of hydrogen-bond donors (Lipinski definition) is 0. The lowest BCUT2D eigenvalue weighted by Crippen LogP contribution is -2.18.